The lowest BCUT2D eigenvalue weighted by atomic mass is 10.2. The summed E-state index contributed by atoms with van der Waals surface area (Å²) in [6.45, 7) is 5.36. The molecule has 2 saturated heterocycles. The quantitative estimate of drug-likeness (QED) is 0.369. The summed E-state index contributed by atoms with van der Waals surface area (Å²) in [4.78, 5) is 35.3. The van der Waals surface area contributed by atoms with E-state index in [1.807, 2.05) is 24.0 Å². The molecular formula is C21H24N4O4S2. The zero-order valence-corrected chi connectivity index (χ0v) is 19.1. The number of aryl methyl sites for hydroxylation is 1. The third-order valence-corrected chi connectivity index (χ3v) is 6.63. The number of amides is 1. The number of thioether (sulfide) groups is 1. The zero-order chi connectivity index (χ0) is 22.0. The third-order valence-electron chi connectivity index (χ3n) is 5.25. The van der Waals surface area contributed by atoms with Crippen LogP contribution in [-0.4, -0.2) is 71.1 Å². The van der Waals surface area contributed by atoms with Crippen LogP contribution in [0, 0.1) is 6.92 Å². The molecule has 0 aromatic carbocycles. The molecule has 4 rings (SSSR count). The molecule has 0 unspecified atom stereocenters. The molecular weight excluding hydrogens is 436 g/mol. The molecule has 2 aromatic rings. The van der Waals surface area contributed by atoms with E-state index in [0.29, 0.717) is 72.1 Å². The number of aromatic nitrogens is 2. The van der Waals surface area contributed by atoms with E-state index in [1.54, 1.807) is 24.3 Å². The van der Waals surface area contributed by atoms with Crippen LogP contribution in [0.25, 0.3) is 11.7 Å². The number of hydrogen-bond acceptors (Lipinski definition) is 8. The van der Waals surface area contributed by atoms with Gasteiger partial charge in [0.25, 0.3) is 11.5 Å². The maximum atomic E-state index is 13.4. The highest BCUT2D eigenvalue weighted by molar-refractivity contribution is 8.26. The van der Waals surface area contributed by atoms with Gasteiger partial charge in [-0.1, -0.05) is 30.0 Å². The Kier molecular flexibility index (Phi) is 6.71. The standard InChI is InChI=1S/C21H24N4O4S2/c1-14-5-3-6-24-17(14)22-18(23-8-11-29-12-9-23)15(19(24)26)13-16-20(27)25(21(30)31-16)7-4-10-28-2/h3,5-6,13H,4,7-12H2,1-2H3. The Morgan fingerprint density at radius 3 is 2.84 bits per heavy atom. The SMILES string of the molecule is COCCCN1C(=O)C(=Cc2c(N3CCOCC3)nc3c(C)cccn3c2=O)SC1=S. The molecule has 10 heteroatoms. The number of carbonyl (C=O) groups excluding carboxylic acids is 1. The molecule has 0 bridgehead atoms. The van der Waals surface area contributed by atoms with Gasteiger partial charge in [0.2, 0.25) is 0 Å². The highest BCUT2D eigenvalue weighted by Gasteiger charge is 2.32. The van der Waals surface area contributed by atoms with Crippen molar-refractivity contribution in [3.05, 3.63) is 44.7 Å². The van der Waals surface area contributed by atoms with Crippen molar-refractivity contribution in [1.29, 1.82) is 0 Å². The molecule has 8 nitrogen and oxygen atoms in total. The van der Waals surface area contributed by atoms with Gasteiger partial charge in [0.15, 0.2) is 0 Å². The van der Waals surface area contributed by atoms with Crippen molar-refractivity contribution in [2.24, 2.45) is 0 Å². The number of morpholine rings is 1. The lowest BCUT2D eigenvalue weighted by Crippen LogP contribution is -2.38. The molecule has 2 fully saturated rings. The Labute approximate surface area is 189 Å². The number of methoxy groups -OCH3 is 1. The van der Waals surface area contributed by atoms with Gasteiger partial charge in [-0.3, -0.25) is 18.9 Å². The predicted molar refractivity (Wildman–Crippen MR) is 126 cm³/mol. The molecule has 31 heavy (non-hydrogen) atoms. The van der Waals surface area contributed by atoms with Gasteiger partial charge in [-0.05, 0) is 31.1 Å². The highest BCUT2D eigenvalue weighted by atomic mass is 32.2. The van der Waals surface area contributed by atoms with Crippen LogP contribution in [0.4, 0.5) is 5.82 Å². The summed E-state index contributed by atoms with van der Waals surface area (Å²) in [6.07, 6.45) is 4.04. The number of ether oxygens (including phenoxy) is 2. The van der Waals surface area contributed by atoms with E-state index in [4.69, 9.17) is 26.7 Å². The number of thiocarbonyl (C=S) groups is 1. The molecule has 0 N–H and O–H groups in total. The van der Waals surface area contributed by atoms with Gasteiger partial charge >= 0.3 is 0 Å². The van der Waals surface area contributed by atoms with E-state index in [-0.39, 0.29) is 11.5 Å². The first-order chi connectivity index (χ1) is 15.0. The normalized spacial score (nSPS) is 18.6. The van der Waals surface area contributed by atoms with Crippen LogP contribution in [-0.2, 0) is 14.3 Å². The Bertz CT molecular complexity index is 1110. The summed E-state index contributed by atoms with van der Waals surface area (Å²) in [5.41, 5.74) is 1.70. The second kappa shape index (κ2) is 9.47. The monoisotopic (exact) mass is 460 g/mol. The molecule has 0 aliphatic carbocycles. The van der Waals surface area contributed by atoms with Gasteiger partial charge in [0, 0.05) is 39.5 Å². The minimum Gasteiger partial charge on any atom is -0.385 e. The number of carbonyl (C=O) groups is 1. The predicted octanol–water partition coefficient (Wildman–Crippen LogP) is 2.08. The summed E-state index contributed by atoms with van der Waals surface area (Å²) in [6, 6.07) is 3.74. The fourth-order valence-corrected chi connectivity index (χ4v) is 4.92. The molecule has 1 amide bonds. The van der Waals surface area contributed by atoms with Crippen LogP contribution >= 0.6 is 24.0 Å². The second-order valence-corrected chi connectivity index (χ2v) is 8.99. The number of nitrogens with zero attached hydrogens (tertiary/aromatic N) is 4. The Balaban J connectivity index is 1.79. The minimum atomic E-state index is -0.208. The maximum Gasteiger partial charge on any atom is 0.267 e. The highest BCUT2D eigenvalue weighted by Crippen LogP contribution is 2.33. The van der Waals surface area contributed by atoms with Crippen molar-refractivity contribution in [3.63, 3.8) is 0 Å². The van der Waals surface area contributed by atoms with Crippen molar-refractivity contribution < 1.29 is 14.3 Å². The number of anilines is 1. The fourth-order valence-electron chi connectivity index (χ4n) is 3.63. The van der Waals surface area contributed by atoms with Gasteiger partial charge < -0.3 is 14.4 Å². The maximum absolute atomic E-state index is 13.4. The van der Waals surface area contributed by atoms with Crippen molar-refractivity contribution in [3.8, 4) is 0 Å². The zero-order valence-electron chi connectivity index (χ0n) is 17.5. The summed E-state index contributed by atoms with van der Waals surface area (Å²) in [7, 11) is 1.62. The number of pyridine rings is 1. The van der Waals surface area contributed by atoms with Crippen LogP contribution < -0.4 is 10.5 Å². The molecule has 0 radical (unpaired) electrons. The van der Waals surface area contributed by atoms with Crippen LogP contribution in [0.1, 0.15) is 17.5 Å². The van der Waals surface area contributed by atoms with Crippen molar-refractivity contribution in [1.82, 2.24) is 14.3 Å². The van der Waals surface area contributed by atoms with E-state index in [2.05, 4.69) is 0 Å². The fraction of sp³-hybridized carbons (Fsp3) is 0.429. The number of fused-ring (bicyclic) bond motifs is 1. The lowest BCUT2D eigenvalue weighted by Gasteiger charge is -2.29. The number of hydrogen-bond donors (Lipinski definition) is 0. The summed E-state index contributed by atoms with van der Waals surface area (Å²) in [5, 5.41) is 0. The summed E-state index contributed by atoms with van der Waals surface area (Å²) >= 11 is 6.62. The van der Waals surface area contributed by atoms with Gasteiger partial charge in [-0.2, -0.15) is 0 Å². The van der Waals surface area contributed by atoms with Crippen LogP contribution in [0.15, 0.2) is 28.0 Å². The largest absolute Gasteiger partial charge is 0.385 e. The molecule has 2 aliphatic rings. The van der Waals surface area contributed by atoms with E-state index in [0.717, 1.165) is 5.56 Å². The van der Waals surface area contributed by atoms with Crippen molar-refractivity contribution in [2.75, 3.05) is 51.5 Å². The molecule has 2 aliphatic heterocycles. The Morgan fingerprint density at radius 1 is 1.32 bits per heavy atom. The number of rotatable bonds is 6. The van der Waals surface area contributed by atoms with Gasteiger partial charge in [0.1, 0.15) is 15.8 Å². The second-order valence-electron chi connectivity index (χ2n) is 7.32. The Hall–Kier alpha value is -2.27. The van der Waals surface area contributed by atoms with E-state index >= 15 is 0 Å². The minimum absolute atomic E-state index is 0.187. The first-order valence-electron chi connectivity index (χ1n) is 10.1. The first kappa shape index (κ1) is 21.9. The molecule has 2 aromatic heterocycles. The topological polar surface area (TPSA) is 76.4 Å². The average molecular weight is 461 g/mol. The molecule has 164 valence electrons. The molecule has 0 saturated carbocycles. The van der Waals surface area contributed by atoms with Crippen LogP contribution in [0.5, 0.6) is 0 Å². The third kappa shape index (κ3) is 4.38. The molecule has 0 atom stereocenters. The van der Waals surface area contributed by atoms with Crippen molar-refractivity contribution in [2.45, 2.75) is 13.3 Å². The van der Waals surface area contributed by atoms with E-state index in [1.165, 1.54) is 16.2 Å². The average Bonchev–Trinajstić information content (AvgIpc) is 3.04. The Morgan fingerprint density at radius 2 is 2.10 bits per heavy atom. The van der Waals surface area contributed by atoms with E-state index < -0.39 is 0 Å². The van der Waals surface area contributed by atoms with Crippen molar-refractivity contribution >= 4 is 51.7 Å². The van der Waals surface area contributed by atoms with E-state index in [9.17, 15) is 9.59 Å². The molecule has 0 spiro atoms. The first-order valence-corrected chi connectivity index (χ1v) is 11.3. The summed E-state index contributed by atoms with van der Waals surface area (Å²) < 4.78 is 12.6. The van der Waals surface area contributed by atoms with Gasteiger partial charge in [-0.15, -0.1) is 0 Å². The molecule has 4 heterocycles. The van der Waals surface area contributed by atoms with Gasteiger partial charge in [0.05, 0.1) is 23.7 Å². The van der Waals surface area contributed by atoms with Crippen LogP contribution in [0.2, 0.25) is 0 Å². The van der Waals surface area contributed by atoms with Crippen LogP contribution in [0.3, 0.4) is 0 Å². The summed E-state index contributed by atoms with van der Waals surface area (Å²) in [5.74, 6) is 0.389. The lowest BCUT2D eigenvalue weighted by molar-refractivity contribution is -0.122. The smallest absolute Gasteiger partial charge is 0.267 e. The van der Waals surface area contributed by atoms with Gasteiger partial charge in [-0.25, -0.2) is 4.98 Å².